The highest BCUT2D eigenvalue weighted by atomic mass is 16.3. The Morgan fingerprint density at radius 3 is 2.83 bits per heavy atom. The molecule has 0 spiro atoms. The molecule has 64 valence electrons. The van der Waals surface area contributed by atoms with Crippen molar-refractivity contribution in [2.45, 2.75) is 6.92 Å². The predicted octanol–water partition coefficient (Wildman–Crippen LogP) is -0.0428. The van der Waals surface area contributed by atoms with Gasteiger partial charge in [-0.25, -0.2) is 0 Å². The average Bonchev–Trinajstić information content (AvgIpc) is 1.96. The smallest absolute Gasteiger partial charge is 0.251 e. The van der Waals surface area contributed by atoms with Crippen LogP contribution >= 0.6 is 0 Å². The Morgan fingerprint density at radius 2 is 2.33 bits per heavy atom. The van der Waals surface area contributed by atoms with E-state index < -0.39 is 5.56 Å². The summed E-state index contributed by atoms with van der Waals surface area (Å²) in [7, 11) is 0. The number of H-pyrrole nitrogens is 1. The Labute approximate surface area is 68.0 Å². The SMILES string of the molecule is Cc1cc(=O)[nH]c(O)c1NC=O. The molecule has 12 heavy (non-hydrogen) atoms. The van der Waals surface area contributed by atoms with Crippen molar-refractivity contribution in [2.24, 2.45) is 0 Å². The molecule has 0 atom stereocenters. The van der Waals surface area contributed by atoms with Crippen molar-refractivity contribution in [2.75, 3.05) is 5.32 Å². The number of carbonyl (C=O) groups excluding carboxylic acids is 1. The second-order valence-corrected chi connectivity index (χ2v) is 2.30. The zero-order chi connectivity index (χ0) is 9.14. The molecule has 0 radical (unpaired) electrons. The fraction of sp³-hybridized carbons (Fsp3) is 0.143. The van der Waals surface area contributed by atoms with Crippen molar-refractivity contribution in [1.82, 2.24) is 4.98 Å². The van der Waals surface area contributed by atoms with Gasteiger partial charge in [-0.3, -0.25) is 14.6 Å². The van der Waals surface area contributed by atoms with Crippen LogP contribution in [0.15, 0.2) is 10.9 Å². The van der Waals surface area contributed by atoms with Gasteiger partial charge in [0.15, 0.2) is 0 Å². The van der Waals surface area contributed by atoms with Crippen LogP contribution in [0.1, 0.15) is 5.56 Å². The Kier molecular flexibility index (Phi) is 2.14. The summed E-state index contributed by atoms with van der Waals surface area (Å²) in [6.45, 7) is 1.61. The molecule has 0 aliphatic carbocycles. The van der Waals surface area contributed by atoms with Gasteiger partial charge >= 0.3 is 0 Å². The van der Waals surface area contributed by atoms with Gasteiger partial charge in [-0.15, -0.1) is 0 Å². The maximum Gasteiger partial charge on any atom is 0.251 e. The minimum absolute atomic E-state index is 0.226. The van der Waals surface area contributed by atoms with Gasteiger partial charge in [0.25, 0.3) is 5.56 Å². The maximum atomic E-state index is 10.7. The standard InChI is InChI=1S/C7H8N2O3/c1-4-2-5(11)9-7(12)6(4)8-3-10/h2-3H,1H3,(H,8,10)(H2,9,11,12). The number of hydrogen-bond acceptors (Lipinski definition) is 3. The van der Waals surface area contributed by atoms with Gasteiger partial charge in [-0.2, -0.15) is 0 Å². The number of aromatic nitrogens is 1. The van der Waals surface area contributed by atoms with Gasteiger partial charge in [0.1, 0.15) is 5.69 Å². The first-order valence-corrected chi connectivity index (χ1v) is 3.28. The van der Waals surface area contributed by atoms with Crippen molar-refractivity contribution in [1.29, 1.82) is 0 Å². The Morgan fingerprint density at radius 1 is 1.67 bits per heavy atom. The van der Waals surface area contributed by atoms with E-state index in [0.29, 0.717) is 12.0 Å². The van der Waals surface area contributed by atoms with Gasteiger partial charge in [0, 0.05) is 6.07 Å². The van der Waals surface area contributed by atoms with E-state index in [1.807, 2.05) is 0 Å². The van der Waals surface area contributed by atoms with Gasteiger partial charge in [0.05, 0.1) is 0 Å². The van der Waals surface area contributed by atoms with E-state index >= 15 is 0 Å². The average molecular weight is 168 g/mol. The molecule has 0 unspecified atom stereocenters. The van der Waals surface area contributed by atoms with Crippen LogP contribution in [0, 0.1) is 6.92 Å². The van der Waals surface area contributed by atoms with E-state index in [1.165, 1.54) is 6.07 Å². The third-order valence-corrected chi connectivity index (χ3v) is 1.42. The molecule has 0 bridgehead atoms. The number of pyridine rings is 1. The number of rotatable bonds is 2. The highest BCUT2D eigenvalue weighted by molar-refractivity contribution is 5.76. The van der Waals surface area contributed by atoms with Crippen molar-refractivity contribution in [3.8, 4) is 5.88 Å². The summed E-state index contributed by atoms with van der Waals surface area (Å²) in [4.78, 5) is 22.9. The van der Waals surface area contributed by atoms with Crippen molar-refractivity contribution in [3.05, 3.63) is 22.0 Å². The highest BCUT2D eigenvalue weighted by Crippen LogP contribution is 2.20. The van der Waals surface area contributed by atoms with Gasteiger partial charge < -0.3 is 10.4 Å². The summed E-state index contributed by atoms with van der Waals surface area (Å²) in [6, 6.07) is 1.28. The molecule has 5 nitrogen and oxygen atoms in total. The van der Waals surface area contributed by atoms with Crippen molar-refractivity contribution >= 4 is 12.1 Å². The normalized spacial score (nSPS) is 9.42. The molecule has 1 amide bonds. The number of aromatic amines is 1. The summed E-state index contributed by atoms with van der Waals surface area (Å²) in [5, 5.41) is 11.4. The lowest BCUT2D eigenvalue weighted by Crippen LogP contribution is -2.08. The lowest BCUT2D eigenvalue weighted by Gasteiger charge is -2.04. The fourth-order valence-electron chi connectivity index (χ4n) is 0.912. The van der Waals surface area contributed by atoms with E-state index in [9.17, 15) is 9.59 Å². The molecular weight excluding hydrogens is 160 g/mol. The number of aryl methyl sites for hydroxylation is 1. The second-order valence-electron chi connectivity index (χ2n) is 2.30. The number of anilines is 1. The number of nitrogens with one attached hydrogen (secondary N) is 2. The predicted molar refractivity (Wildman–Crippen MR) is 43.2 cm³/mol. The van der Waals surface area contributed by atoms with Crippen LogP contribution in [0.5, 0.6) is 5.88 Å². The van der Waals surface area contributed by atoms with Crippen LogP contribution in [0.4, 0.5) is 5.69 Å². The van der Waals surface area contributed by atoms with E-state index in [0.717, 1.165) is 0 Å². The summed E-state index contributed by atoms with van der Waals surface area (Å²) in [6.07, 6.45) is 0.431. The molecule has 0 aliphatic rings. The number of hydrogen-bond donors (Lipinski definition) is 3. The van der Waals surface area contributed by atoms with E-state index in [1.54, 1.807) is 6.92 Å². The molecule has 1 aromatic heterocycles. The monoisotopic (exact) mass is 168 g/mol. The molecule has 5 heteroatoms. The molecule has 3 N–H and O–H groups in total. The first-order valence-electron chi connectivity index (χ1n) is 3.28. The number of amides is 1. The zero-order valence-electron chi connectivity index (χ0n) is 6.42. The molecule has 1 heterocycles. The van der Waals surface area contributed by atoms with Gasteiger partial charge in [0.2, 0.25) is 12.3 Å². The lowest BCUT2D eigenvalue weighted by atomic mass is 10.2. The van der Waals surface area contributed by atoms with Crippen LogP contribution in [0.25, 0.3) is 0 Å². The van der Waals surface area contributed by atoms with Crippen LogP contribution in [-0.4, -0.2) is 16.5 Å². The van der Waals surface area contributed by atoms with Crippen LogP contribution in [-0.2, 0) is 4.79 Å². The Hall–Kier alpha value is -1.78. The third-order valence-electron chi connectivity index (χ3n) is 1.42. The highest BCUT2D eigenvalue weighted by Gasteiger charge is 2.04. The second kappa shape index (κ2) is 3.08. The molecular formula is C7H8N2O3. The minimum atomic E-state index is -0.401. The van der Waals surface area contributed by atoms with Crippen LogP contribution in [0.2, 0.25) is 0 Å². The molecule has 0 fully saturated rings. The lowest BCUT2D eigenvalue weighted by molar-refractivity contribution is -0.105. The molecule has 0 aliphatic heterocycles. The summed E-state index contributed by atoms with van der Waals surface area (Å²) >= 11 is 0. The molecule has 0 saturated carbocycles. The van der Waals surface area contributed by atoms with Crippen LogP contribution in [0.3, 0.4) is 0 Å². The van der Waals surface area contributed by atoms with Gasteiger partial charge in [-0.1, -0.05) is 0 Å². The summed E-state index contributed by atoms with van der Waals surface area (Å²) in [5.74, 6) is -0.327. The van der Waals surface area contributed by atoms with Gasteiger partial charge in [-0.05, 0) is 12.5 Å². The van der Waals surface area contributed by atoms with Crippen LogP contribution < -0.4 is 10.9 Å². The van der Waals surface area contributed by atoms with Crippen molar-refractivity contribution < 1.29 is 9.90 Å². The Balaban J connectivity index is 3.27. The topological polar surface area (TPSA) is 82.2 Å². The minimum Gasteiger partial charge on any atom is -0.493 e. The largest absolute Gasteiger partial charge is 0.493 e. The zero-order valence-corrected chi connectivity index (χ0v) is 6.42. The first kappa shape index (κ1) is 8.32. The molecule has 1 rings (SSSR count). The molecule has 0 aromatic carbocycles. The van der Waals surface area contributed by atoms with Crippen molar-refractivity contribution in [3.63, 3.8) is 0 Å². The van der Waals surface area contributed by atoms with E-state index in [2.05, 4.69) is 10.3 Å². The quantitative estimate of drug-likeness (QED) is 0.542. The maximum absolute atomic E-state index is 10.7. The number of aromatic hydroxyl groups is 1. The third kappa shape index (κ3) is 1.45. The summed E-state index contributed by atoms with van der Waals surface area (Å²) in [5.41, 5.74) is 0.342. The van der Waals surface area contributed by atoms with E-state index in [4.69, 9.17) is 5.11 Å². The Bertz CT molecular complexity index is 330. The fourth-order valence-corrected chi connectivity index (χ4v) is 0.912. The molecule has 0 saturated heterocycles. The number of carbonyl (C=O) groups is 1. The first-order chi connectivity index (χ1) is 5.65. The van der Waals surface area contributed by atoms with E-state index in [-0.39, 0.29) is 11.6 Å². The molecule has 1 aromatic rings. The summed E-state index contributed by atoms with van der Waals surface area (Å²) < 4.78 is 0.